The van der Waals surface area contributed by atoms with E-state index in [1.165, 1.54) is 6.92 Å². The molecule has 3 unspecified atom stereocenters. The Morgan fingerprint density at radius 1 is 1.25 bits per heavy atom. The van der Waals surface area contributed by atoms with Crippen molar-refractivity contribution in [1.29, 1.82) is 0 Å². The van der Waals surface area contributed by atoms with Crippen LogP contribution < -0.4 is 0 Å². The summed E-state index contributed by atoms with van der Waals surface area (Å²) < 4.78 is 16.0. The van der Waals surface area contributed by atoms with Gasteiger partial charge in [0.2, 0.25) is 0 Å². The smallest absolute Gasteiger partial charge is 0.302 e. The molecule has 0 saturated carbocycles. The highest BCUT2D eigenvalue weighted by molar-refractivity contribution is 5.65. The van der Waals surface area contributed by atoms with Crippen molar-refractivity contribution < 1.29 is 19.0 Å². The molecule has 2 saturated heterocycles. The Hall–Kier alpha value is -0.610. The van der Waals surface area contributed by atoms with Gasteiger partial charge in [0.05, 0.1) is 17.3 Å². The molecule has 0 amide bonds. The molecule has 4 nitrogen and oxygen atoms in total. The third kappa shape index (κ3) is 2.55. The summed E-state index contributed by atoms with van der Waals surface area (Å²) in [6.07, 6.45) is 2.41. The summed E-state index contributed by atoms with van der Waals surface area (Å²) in [7, 11) is 0. The van der Waals surface area contributed by atoms with E-state index in [1.54, 1.807) is 0 Å². The number of carbonyl (C=O) groups excluding carboxylic acids is 1. The first-order valence-corrected chi connectivity index (χ1v) is 5.82. The van der Waals surface area contributed by atoms with Crippen LogP contribution in [0.5, 0.6) is 0 Å². The standard InChI is InChI=1S/C12H20O4/c1-8(13)14-7-10-12(4,16-10)6-5-9-11(2,3)15-9/h9-10H,5-7H2,1-4H3. The summed E-state index contributed by atoms with van der Waals surface area (Å²) in [5.74, 6) is -0.246. The number of rotatable bonds is 5. The minimum atomic E-state index is -0.246. The van der Waals surface area contributed by atoms with Gasteiger partial charge in [-0.05, 0) is 33.6 Å². The van der Waals surface area contributed by atoms with Crippen molar-refractivity contribution >= 4 is 5.97 Å². The number of carbonyl (C=O) groups is 1. The number of esters is 1. The van der Waals surface area contributed by atoms with E-state index < -0.39 is 0 Å². The maximum absolute atomic E-state index is 10.7. The molecule has 3 atom stereocenters. The van der Waals surface area contributed by atoms with E-state index in [4.69, 9.17) is 14.2 Å². The van der Waals surface area contributed by atoms with E-state index >= 15 is 0 Å². The molecule has 2 rings (SSSR count). The molecule has 0 aromatic heterocycles. The normalized spacial score (nSPS) is 39.2. The fourth-order valence-electron chi connectivity index (χ4n) is 2.07. The Kier molecular flexibility index (Phi) is 2.75. The molecule has 16 heavy (non-hydrogen) atoms. The van der Waals surface area contributed by atoms with Gasteiger partial charge in [0.15, 0.2) is 0 Å². The Labute approximate surface area is 96.2 Å². The van der Waals surface area contributed by atoms with E-state index in [0.717, 1.165) is 12.8 Å². The summed E-state index contributed by atoms with van der Waals surface area (Å²) in [5.41, 5.74) is -0.0614. The molecular weight excluding hydrogens is 208 g/mol. The lowest BCUT2D eigenvalue weighted by Crippen LogP contribution is -2.17. The number of hydrogen-bond acceptors (Lipinski definition) is 4. The SMILES string of the molecule is CC(=O)OCC1OC1(C)CCC1OC1(C)C. The Balaban J connectivity index is 1.65. The first kappa shape index (κ1) is 11.9. The first-order chi connectivity index (χ1) is 7.33. The van der Waals surface area contributed by atoms with Gasteiger partial charge in [-0.25, -0.2) is 0 Å². The fraction of sp³-hybridized carbons (Fsp3) is 0.917. The summed E-state index contributed by atoms with van der Waals surface area (Å²) >= 11 is 0. The van der Waals surface area contributed by atoms with Crippen molar-refractivity contribution in [2.45, 2.75) is 63.9 Å². The first-order valence-electron chi connectivity index (χ1n) is 5.82. The van der Waals surface area contributed by atoms with Crippen molar-refractivity contribution in [3.63, 3.8) is 0 Å². The summed E-state index contributed by atoms with van der Waals surface area (Å²) in [4.78, 5) is 10.7. The fourth-order valence-corrected chi connectivity index (χ4v) is 2.07. The van der Waals surface area contributed by atoms with Gasteiger partial charge >= 0.3 is 5.97 Å². The topological polar surface area (TPSA) is 51.4 Å². The predicted octanol–water partition coefficient (Wildman–Crippen LogP) is 1.66. The van der Waals surface area contributed by atoms with Crippen molar-refractivity contribution in [2.24, 2.45) is 0 Å². The van der Waals surface area contributed by atoms with Crippen LogP contribution in [0.15, 0.2) is 0 Å². The summed E-state index contributed by atoms with van der Waals surface area (Å²) in [5, 5.41) is 0. The Bertz CT molecular complexity index is 299. The van der Waals surface area contributed by atoms with E-state index in [1.807, 2.05) is 0 Å². The molecule has 0 radical (unpaired) electrons. The minimum absolute atomic E-state index is 0.0522. The maximum atomic E-state index is 10.7. The maximum Gasteiger partial charge on any atom is 0.302 e. The minimum Gasteiger partial charge on any atom is -0.463 e. The molecule has 0 aliphatic carbocycles. The summed E-state index contributed by atoms with van der Waals surface area (Å²) in [6, 6.07) is 0. The zero-order valence-corrected chi connectivity index (χ0v) is 10.4. The average molecular weight is 228 g/mol. The van der Waals surface area contributed by atoms with Gasteiger partial charge in [0, 0.05) is 6.92 Å². The third-order valence-corrected chi connectivity index (χ3v) is 3.54. The van der Waals surface area contributed by atoms with Gasteiger partial charge in [-0.3, -0.25) is 4.79 Å². The lowest BCUT2D eigenvalue weighted by Gasteiger charge is -2.05. The van der Waals surface area contributed by atoms with Crippen LogP contribution in [0.3, 0.4) is 0 Å². The molecule has 4 heteroatoms. The van der Waals surface area contributed by atoms with E-state index in [9.17, 15) is 4.79 Å². The van der Waals surface area contributed by atoms with Crippen LogP contribution in [0.1, 0.15) is 40.5 Å². The second kappa shape index (κ2) is 3.70. The predicted molar refractivity (Wildman–Crippen MR) is 58.1 cm³/mol. The lowest BCUT2D eigenvalue weighted by molar-refractivity contribution is -0.141. The summed E-state index contributed by atoms with van der Waals surface area (Å²) in [6.45, 7) is 8.06. The molecular formula is C12H20O4. The quantitative estimate of drug-likeness (QED) is 0.530. The van der Waals surface area contributed by atoms with Crippen LogP contribution in [0, 0.1) is 0 Å². The van der Waals surface area contributed by atoms with Crippen molar-refractivity contribution in [1.82, 2.24) is 0 Å². The second-order valence-corrected chi connectivity index (χ2v) is 5.47. The average Bonchev–Trinajstić information content (AvgIpc) is 2.98. The van der Waals surface area contributed by atoms with Crippen LogP contribution in [0.25, 0.3) is 0 Å². The molecule has 0 bridgehead atoms. The van der Waals surface area contributed by atoms with Crippen LogP contribution in [0.2, 0.25) is 0 Å². The molecule has 0 aromatic rings. The molecule has 2 fully saturated rings. The zero-order valence-electron chi connectivity index (χ0n) is 10.4. The highest BCUT2D eigenvalue weighted by atomic mass is 16.6. The van der Waals surface area contributed by atoms with E-state index in [2.05, 4.69) is 20.8 Å². The Morgan fingerprint density at radius 2 is 1.88 bits per heavy atom. The molecule has 2 heterocycles. The monoisotopic (exact) mass is 228 g/mol. The van der Waals surface area contributed by atoms with Gasteiger partial charge in [-0.2, -0.15) is 0 Å². The highest BCUT2D eigenvalue weighted by Crippen LogP contribution is 2.45. The molecule has 2 aliphatic heterocycles. The molecule has 92 valence electrons. The Morgan fingerprint density at radius 3 is 2.38 bits per heavy atom. The van der Waals surface area contributed by atoms with Crippen molar-refractivity contribution in [3.8, 4) is 0 Å². The van der Waals surface area contributed by atoms with E-state index in [-0.39, 0.29) is 23.3 Å². The highest BCUT2D eigenvalue weighted by Gasteiger charge is 2.55. The largest absolute Gasteiger partial charge is 0.463 e. The molecule has 2 aliphatic rings. The van der Waals surface area contributed by atoms with Crippen LogP contribution in [-0.4, -0.2) is 36.0 Å². The zero-order chi connectivity index (χ0) is 12.0. The van der Waals surface area contributed by atoms with Crippen molar-refractivity contribution in [3.05, 3.63) is 0 Å². The van der Waals surface area contributed by atoms with Gasteiger partial charge in [0.1, 0.15) is 12.7 Å². The lowest BCUT2D eigenvalue weighted by atomic mass is 9.97. The van der Waals surface area contributed by atoms with Crippen molar-refractivity contribution in [2.75, 3.05) is 6.61 Å². The van der Waals surface area contributed by atoms with Gasteiger partial charge in [0.25, 0.3) is 0 Å². The number of ether oxygens (including phenoxy) is 3. The van der Waals surface area contributed by atoms with Gasteiger partial charge in [-0.15, -0.1) is 0 Å². The molecule has 0 spiro atoms. The number of epoxide rings is 2. The molecule has 0 aromatic carbocycles. The van der Waals surface area contributed by atoms with Crippen LogP contribution in [-0.2, 0) is 19.0 Å². The second-order valence-electron chi connectivity index (χ2n) is 5.47. The van der Waals surface area contributed by atoms with Gasteiger partial charge < -0.3 is 14.2 Å². The molecule has 0 N–H and O–H groups in total. The van der Waals surface area contributed by atoms with Crippen LogP contribution >= 0.6 is 0 Å². The third-order valence-electron chi connectivity index (χ3n) is 3.54. The van der Waals surface area contributed by atoms with Crippen LogP contribution in [0.4, 0.5) is 0 Å². The van der Waals surface area contributed by atoms with Gasteiger partial charge in [-0.1, -0.05) is 0 Å². The van der Waals surface area contributed by atoms with E-state index in [0.29, 0.717) is 12.7 Å². The number of hydrogen-bond donors (Lipinski definition) is 0.